The van der Waals surface area contributed by atoms with Crippen molar-refractivity contribution in [2.75, 3.05) is 13.6 Å². The Morgan fingerprint density at radius 2 is 2.05 bits per heavy atom. The molecule has 4 atom stereocenters. The molecule has 0 aromatic carbocycles. The fourth-order valence-electron chi connectivity index (χ4n) is 4.32. The molecule has 4 unspecified atom stereocenters. The first-order valence-electron chi connectivity index (χ1n) is 8.50. The molecule has 112 valence electrons. The van der Waals surface area contributed by atoms with Gasteiger partial charge in [-0.3, -0.25) is 0 Å². The van der Waals surface area contributed by atoms with Gasteiger partial charge in [-0.15, -0.1) is 0 Å². The second kappa shape index (κ2) is 7.08. The molecule has 0 aliphatic heterocycles. The minimum absolute atomic E-state index is 0.132. The lowest BCUT2D eigenvalue weighted by molar-refractivity contribution is -0.134. The van der Waals surface area contributed by atoms with Crippen LogP contribution in [0.25, 0.3) is 0 Å². The van der Waals surface area contributed by atoms with Crippen molar-refractivity contribution in [3.63, 3.8) is 0 Å². The Morgan fingerprint density at radius 1 is 1.21 bits per heavy atom. The van der Waals surface area contributed by atoms with E-state index in [1.54, 1.807) is 0 Å². The van der Waals surface area contributed by atoms with E-state index in [1.807, 2.05) is 0 Å². The molecule has 0 spiro atoms. The largest absolute Gasteiger partial charge is 0.370 e. The van der Waals surface area contributed by atoms with E-state index in [0.29, 0.717) is 6.10 Å². The summed E-state index contributed by atoms with van der Waals surface area (Å²) in [7, 11) is 2.07. The number of hydrogen-bond donors (Lipinski definition) is 1. The first-order chi connectivity index (χ1) is 9.17. The lowest BCUT2D eigenvalue weighted by Gasteiger charge is -2.44. The Hall–Kier alpha value is -0.0800. The van der Waals surface area contributed by atoms with Crippen molar-refractivity contribution in [3.8, 4) is 0 Å². The van der Waals surface area contributed by atoms with Gasteiger partial charge in [-0.25, -0.2) is 0 Å². The Labute approximate surface area is 119 Å². The molecule has 0 aromatic rings. The summed E-state index contributed by atoms with van der Waals surface area (Å²) in [5.41, 5.74) is 0.132. The summed E-state index contributed by atoms with van der Waals surface area (Å²) in [6.45, 7) is 5.76. The van der Waals surface area contributed by atoms with Crippen molar-refractivity contribution in [1.82, 2.24) is 5.32 Å². The zero-order valence-corrected chi connectivity index (χ0v) is 13.2. The predicted molar refractivity (Wildman–Crippen MR) is 81.4 cm³/mol. The lowest BCUT2D eigenvalue weighted by Crippen LogP contribution is -2.48. The van der Waals surface area contributed by atoms with Crippen LogP contribution in [0.5, 0.6) is 0 Å². The molecular formula is C17H33NO. The highest BCUT2D eigenvalue weighted by Gasteiger charge is 2.38. The van der Waals surface area contributed by atoms with Gasteiger partial charge in [-0.1, -0.05) is 46.0 Å². The van der Waals surface area contributed by atoms with Crippen molar-refractivity contribution in [1.29, 1.82) is 0 Å². The van der Waals surface area contributed by atoms with E-state index < -0.39 is 0 Å². The standard InChI is InChI=1S/C17H33NO/c1-4-15-8-5-9-16(11-15)19-17(13-18-3)10-6-7-14(2)12-17/h14-16,18H,4-13H2,1-3H3. The number of ether oxygens (including phenoxy) is 1. The molecule has 0 saturated heterocycles. The maximum Gasteiger partial charge on any atom is 0.0812 e. The van der Waals surface area contributed by atoms with E-state index in [-0.39, 0.29) is 5.60 Å². The highest BCUT2D eigenvalue weighted by Crippen LogP contribution is 2.39. The molecule has 1 N–H and O–H groups in total. The predicted octanol–water partition coefficient (Wildman–Crippen LogP) is 4.14. The van der Waals surface area contributed by atoms with E-state index in [4.69, 9.17) is 4.74 Å². The summed E-state index contributed by atoms with van der Waals surface area (Å²) in [6, 6.07) is 0. The van der Waals surface area contributed by atoms with Gasteiger partial charge < -0.3 is 10.1 Å². The van der Waals surface area contributed by atoms with Gasteiger partial charge in [-0.2, -0.15) is 0 Å². The maximum absolute atomic E-state index is 6.70. The van der Waals surface area contributed by atoms with Gasteiger partial charge in [0.05, 0.1) is 11.7 Å². The molecule has 2 aliphatic carbocycles. The smallest absolute Gasteiger partial charge is 0.0812 e. The third-order valence-electron chi connectivity index (χ3n) is 5.28. The normalized spacial score (nSPS) is 40.3. The van der Waals surface area contributed by atoms with Gasteiger partial charge in [-0.05, 0) is 44.6 Å². The molecule has 0 bridgehead atoms. The molecule has 19 heavy (non-hydrogen) atoms. The molecular weight excluding hydrogens is 234 g/mol. The molecule has 2 aliphatic rings. The number of nitrogens with one attached hydrogen (secondary N) is 1. The number of hydrogen-bond acceptors (Lipinski definition) is 2. The molecule has 2 heteroatoms. The van der Waals surface area contributed by atoms with Crippen LogP contribution in [-0.4, -0.2) is 25.3 Å². The van der Waals surface area contributed by atoms with Gasteiger partial charge in [0.2, 0.25) is 0 Å². The van der Waals surface area contributed by atoms with Crippen LogP contribution < -0.4 is 5.32 Å². The molecule has 0 amide bonds. The Morgan fingerprint density at radius 3 is 2.74 bits per heavy atom. The van der Waals surface area contributed by atoms with Crippen LogP contribution in [0.1, 0.15) is 71.6 Å². The average Bonchev–Trinajstić information content (AvgIpc) is 2.39. The SMILES string of the molecule is CCC1CCCC(OC2(CNC)CCCC(C)C2)C1. The highest BCUT2D eigenvalue weighted by atomic mass is 16.5. The zero-order valence-electron chi connectivity index (χ0n) is 13.2. The number of rotatable bonds is 5. The third-order valence-corrected chi connectivity index (χ3v) is 5.28. The summed E-state index contributed by atoms with van der Waals surface area (Å²) in [6.07, 6.45) is 12.5. The van der Waals surface area contributed by atoms with Gasteiger partial charge in [0.1, 0.15) is 0 Å². The van der Waals surface area contributed by atoms with Crippen molar-refractivity contribution < 1.29 is 4.74 Å². The summed E-state index contributed by atoms with van der Waals surface area (Å²) < 4.78 is 6.70. The number of likely N-dealkylation sites (N-methyl/N-ethyl adjacent to an activating group) is 1. The summed E-state index contributed by atoms with van der Waals surface area (Å²) >= 11 is 0. The second-order valence-corrected chi connectivity index (χ2v) is 7.10. The van der Waals surface area contributed by atoms with Gasteiger partial charge >= 0.3 is 0 Å². The molecule has 2 saturated carbocycles. The Balaban J connectivity index is 1.95. The fraction of sp³-hybridized carbons (Fsp3) is 1.00. The monoisotopic (exact) mass is 267 g/mol. The fourth-order valence-corrected chi connectivity index (χ4v) is 4.32. The van der Waals surface area contributed by atoms with Crippen molar-refractivity contribution in [2.24, 2.45) is 11.8 Å². The van der Waals surface area contributed by atoms with Crippen LogP contribution >= 0.6 is 0 Å². The third kappa shape index (κ3) is 4.19. The topological polar surface area (TPSA) is 21.3 Å². The van der Waals surface area contributed by atoms with Crippen LogP contribution in [0.15, 0.2) is 0 Å². The highest BCUT2D eigenvalue weighted by molar-refractivity contribution is 4.90. The lowest BCUT2D eigenvalue weighted by atomic mass is 9.77. The van der Waals surface area contributed by atoms with E-state index in [0.717, 1.165) is 18.4 Å². The van der Waals surface area contributed by atoms with Crippen molar-refractivity contribution in [2.45, 2.75) is 83.3 Å². The first-order valence-corrected chi connectivity index (χ1v) is 8.50. The molecule has 0 aromatic heterocycles. The van der Waals surface area contributed by atoms with Crippen LogP contribution in [0.4, 0.5) is 0 Å². The molecule has 0 heterocycles. The van der Waals surface area contributed by atoms with Crippen LogP contribution in [-0.2, 0) is 4.74 Å². The summed E-state index contributed by atoms with van der Waals surface area (Å²) in [5, 5.41) is 3.39. The van der Waals surface area contributed by atoms with E-state index in [2.05, 4.69) is 26.2 Å². The Kier molecular flexibility index (Phi) is 5.70. The molecule has 2 nitrogen and oxygen atoms in total. The quantitative estimate of drug-likeness (QED) is 0.808. The Bertz CT molecular complexity index is 264. The average molecular weight is 267 g/mol. The van der Waals surface area contributed by atoms with Crippen molar-refractivity contribution in [3.05, 3.63) is 0 Å². The van der Waals surface area contributed by atoms with E-state index in [9.17, 15) is 0 Å². The zero-order chi connectivity index (χ0) is 13.7. The second-order valence-electron chi connectivity index (χ2n) is 7.10. The van der Waals surface area contributed by atoms with Crippen molar-refractivity contribution >= 4 is 0 Å². The van der Waals surface area contributed by atoms with E-state index in [1.165, 1.54) is 57.8 Å². The minimum Gasteiger partial charge on any atom is -0.370 e. The van der Waals surface area contributed by atoms with Gasteiger partial charge in [0, 0.05) is 6.54 Å². The molecule has 2 fully saturated rings. The molecule has 2 rings (SSSR count). The van der Waals surface area contributed by atoms with E-state index >= 15 is 0 Å². The van der Waals surface area contributed by atoms with Crippen LogP contribution in [0, 0.1) is 11.8 Å². The minimum atomic E-state index is 0.132. The van der Waals surface area contributed by atoms with Gasteiger partial charge in [0.15, 0.2) is 0 Å². The molecule has 0 radical (unpaired) electrons. The first kappa shape index (κ1) is 15.3. The summed E-state index contributed by atoms with van der Waals surface area (Å²) in [5.74, 6) is 1.74. The van der Waals surface area contributed by atoms with Gasteiger partial charge in [0.25, 0.3) is 0 Å². The van der Waals surface area contributed by atoms with Crippen LogP contribution in [0.2, 0.25) is 0 Å². The van der Waals surface area contributed by atoms with Crippen LogP contribution in [0.3, 0.4) is 0 Å². The maximum atomic E-state index is 6.70. The summed E-state index contributed by atoms with van der Waals surface area (Å²) in [4.78, 5) is 0.